The van der Waals surface area contributed by atoms with Gasteiger partial charge in [-0.1, -0.05) is 0 Å². The average molecular weight is 462 g/mol. The summed E-state index contributed by atoms with van der Waals surface area (Å²) in [6.45, 7) is 7.05. The Kier molecular flexibility index (Phi) is 8.63. The van der Waals surface area contributed by atoms with E-state index in [1.165, 1.54) is 0 Å². The van der Waals surface area contributed by atoms with Gasteiger partial charge in [-0.05, 0) is 64.7 Å². The molecule has 0 aromatic rings. The number of rotatable bonds is 2. The first-order valence-corrected chi connectivity index (χ1v) is 13.8. The molecule has 8 nitrogen and oxygen atoms in total. The van der Waals surface area contributed by atoms with Crippen molar-refractivity contribution in [2.75, 3.05) is 25.6 Å². The molecule has 11 heteroatoms. The lowest BCUT2D eigenvalue weighted by molar-refractivity contribution is -0.00411. The minimum Gasteiger partial charge on any atom is -0.444 e. The maximum atomic E-state index is 12.1. The molecule has 1 amide bonds. The minimum atomic E-state index is -3.37. The van der Waals surface area contributed by atoms with E-state index in [0.717, 1.165) is 51.0 Å². The number of hydrogen-bond acceptors (Lipinski definition) is 7. The first kappa shape index (κ1) is 25.5. The van der Waals surface area contributed by atoms with Crippen LogP contribution in [-0.4, -0.2) is 65.1 Å². The Balaban J connectivity index is 0.000000696. The summed E-state index contributed by atoms with van der Waals surface area (Å²) in [6, 6.07) is 0. The van der Waals surface area contributed by atoms with Crippen molar-refractivity contribution >= 4 is 35.9 Å². The summed E-state index contributed by atoms with van der Waals surface area (Å²) >= 11 is 0. The minimum absolute atomic E-state index is 0.181. The quantitative estimate of drug-likeness (QED) is 0.459. The van der Waals surface area contributed by atoms with Crippen molar-refractivity contribution in [1.29, 1.82) is 0 Å². The topological polar surface area (TPSA) is 107 Å². The zero-order valence-corrected chi connectivity index (χ0v) is 19.6. The Bertz CT molecular complexity index is 718. The number of amides is 1. The van der Waals surface area contributed by atoms with Gasteiger partial charge in [0.15, 0.2) is 0 Å². The Morgan fingerprint density at radius 1 is 1.00 bits per heavy atom. The molecule has 1 saturated heterocycles. The second-order valence-corrected chi connectivity index (χ2v) is 13.3. The van der Waals surface area contributed by atoms with Crippen LogP contribution < -0.4 is 0 Å². The standard InChI is InChI=1S/C16H29NO5S.CH3ClO2S/c1-15(2,3)21-14(18)17-11-9-16(10-12-17)7-5-13(6-8-16)22-23(4,19)20;1-5(2,3)4/h13H,5-12H2,1-4H3;1H3. The molecule has 1 heterocycles. The van der Waals surface area contributed by atoms with Crippen molar-refractivity contribution in [2.24, 2.45) is 5.41 Å². The van der Waals surface area contributed by atoms with Crippen LogP contribution in [-0.2, 0) is 28.1 Å². The summed E-state index contributed by atoms with van der Waals surface area (Å²) in [5, 5.41) is 0. The van der Waals surface area contributed by atoms with E-state index < -0.39 is 24.8 Å². The molecule has 2 aliphatic rings. The number of hydrogen-bond donors (Lipinski definition) is 0. The van der Waals surface area contributed by atoms with E-state index >= 15 is 0 Å². The van der Waals surface area contributed by atoms with Gasteiger partial charge in [-0.3, -0.25) is 4.18 Å². The molecule has 166 valence electrons. The Morgan fingerprint density at radius 2 is 1.43 bits per heavy atom. The summed E-state index contributed by atoms with van der Waals surface area (Å²) in [5.41, 5.74) is -0.233. The summed E-state index contributed by atoms with van der Waals surface area (Å²) < 4.78 is 51.8. The van der Waals surface area contributed by atoms with E-state index in [9.17, 15) is 21.6 Å². The number of carbonyl (C=O) groups excluding carboxylic acids is 1. The number of carbonyl (C=O) groups is 1. The fraction of sp³-hybridized carbons (Fsp3) is 0.941. The third-order valence-electron chi connectivity index (χ3n) is 4.78. The number of ether oxygens (including phenoxy) is 1. The Morgan fingerprint density at radius 3 is 1.79 bits per heavy atom. The molecule has 1 aliphatic carbocycles. The summed E-state index contributed by atoms with van der Waals surface area (Å²) in [6.07, 6.45) is 7.02. The van der Waals surface area contributed by atoms with Crippen molar-refractivity contribution in [3.63, 3.8) is 0 Å². The molecule has 0 radical (unpaired) electrons. The van der Waals surface area contributed by atoms with E-state index in [2.05, 4.69) is 10.7 Å². The van der Waals surface area contributed by atoms with Crippen molar-refractivity contribution in [3.8, 4) is 0 Å². The Hall–Kier alpha value is -0.580. The lowest BCUT2D eigenvalue weighted by Gasteiger charge is -2.45. The summed E-state index contributed by atoms with van der Waals surface area (Å²) in [4.78, 5) is 13.9. The van der Waals surface area contributed by atoms with Crippen LogP contribution in [0.2, 0.25) is 0 Å². The number of nitrogens with zero attached hydrogens (tertiary/aromatic N) is 1. The highest BCUT2D eigenvalue weighted by atomic mass is 35.7. The predicted molar refractivity (Wildman–Crippen MR) is 108 cm³/mol. The van der Waals surface area contributed by atoms with Gasteiger partial charge >= 0.3 is 6.09 Å². The molecular formula is C17H32ClNO7S2. The van der Waals surface area contributed by atoms with Crippen LogP contribution in [0.1, 0.15) is 59.3 Å². The van der Waals surface area contributed by atoms with Gasteiger partial charge in [0.2, 0.25) is 9.05 Å². The van der Waals surface area contributed by atoms with Crippen LogP contribution in [0.5, 0.6) is 0 Å². The normalized spacial score (nSPS) is 21.0. The lowest BCUT2D eigenvalue weighted by Crippen LogP contribution is -2.46. The molecule has 2 fully saturated rings. The average Bonchev–Trinajstić information content (AvgIpc) is 2.46. The first-order chi connectivity index (χ1) is 12.5. The van der Waals surface area contributed by atoms with Gasteiger partial charge in [-0.25, -0.2) is 13.2 Å². The highest BCUT2D eigenvalue weighted by Crippen LogP contribution is 2.45. The van der Waals surface area contributed by atoms with Gasteiger partial charge in [0.1, 0.15) is 5.60 Å². The molecule has 0 atom stereocenters. The molecule has 1 aliphatic heterocycles. The predicted octanol–water partition coefficient (Wildman–Crippen LogP) is 3.11. The molecule has 0 aromatic carbocycles. The van der Waals surface area contributed by atoms with Gasteiger partial charge in [0.05, 0.1) is 18.6 Å². The first-order valence-electron chi connectivity index (χ1n) is 9.24. The van der Waals surface area contributed by atoms with Gasteiger partial charge in [-0.2, -0.15) is 8.42 Å². The van der Waals surface area contributed by atoms with Crippen LogP contribution in [0.4, 0.5) is 4.79 Å². The molecule has 28 heavy (non-hydrogen) atoms. The summed E-state index contributed by atoms with van der Waals surface area (Å²) in [7, 11) is -2.07. The molecule has 0 N–H and O–H groups in total. The van der Waals surface area contributed by atoms with Crippen LogP contribution in [0.15, 0.2) is 0 Å². The van der Waals surface area contributed by atoms with E-state index in [1.807, 2.05) is 20.8 Å². The largest absolute Gasteiger partial charge is 0.444 e. The number of likely N-dealkylation sites (tertiary alicyclic amines) is 1. The van der Waals surface area contributed by atoms with E-state index in [0.29, 0.717) is 13.1 Å². The SMILES string of the molecule is CC(C)(C)OC(=O)N1CCC2(CCC(OS(C)(=O)=O)CC2)CC1.CS(=O)(=O)Cl. The van der Waals surface area contributed by atoms with E-state index in [-0.39, 0.29) is 17.6 Å². The highest BCUT2D eigenvalue weighted by Gasteiger charge is 2.40. The van der Waals surface area contributed by atoms with Crippen LogP contribution in [0.3, 0.4) is 0 Å². The Labute approximate surface area is 173 Å². The molecular weight excluding hydrogens is 430 g/mol. The van der Waals surface area contributed by atoms with Gasteiger partial charge in [-0.15, -0.1) is 0 Å². The van der Waals surface area contributed by atoms with Gasteiger partial charge in [0.25, 0.3) is 10.1 Å². The molecule has 0 bridgehead atoms. The molecule has 2 rings (SSSR count). The van der Waals surface area contributed by atoms with Crippen LogP contribution >= 0.6 is 10.7 Å². The number of halogens is 1. The molecule has 1 spiro atoms. The van der Waals surface area contributed by atoms with Gasteiger partial charge < -0.3 is 9.64 Å². The van der Waals surface area contributed by atoms with Crippen LogP contribution in [0, 0.1) is 5.41 Å². The van der Waals surface area contributed by atoms with Crippen molar-refractivity contribution in [3.05, 3.63) is 0 Å². The zero-order valence-electron chi connectivity index (χ0n) is 17.2. The third-order valence-corrected chi connectivity index (χ3v) is 5.40. The van der Waals surface area contributed by atoms with Crippen molar-refractivity contribution in [2.45, 2.75) is 71.0 Å². The summed E-state index contributed by atoms with van der Waals surface area (Å²) in [5.74, 6) is 0. The second kappa shape index (κ2) is 9.49. The molecule has 0 unspecified atom stereocenters. The monoisotopic (exact) mass is 461 g/mol. The fourth-order valence-corrected chi connectivity index (χ4v) is 4.22. The van der Waals surface area contributed by atoms with Gasteiger partial charge in [0, 0.05) is 23.8 Å². The van der Waals surface area contributed by atoms with Crippen LogP contribution in [0.25, 0.3) is 0 Å². The molecule has 1 saturated carbocycles. The maximum Gasteiger partial charge on any atom is 0.410 e. The molecule has 0 aromatic heterocycles. The second-order valence-electron chi connectivity index (χ2n) is 8.65. The number of piperidine rings is 1. The smallest absolute Gasteiger partial charge is 0.410 e. The zero-order chi connectivity index (χ0) is 21.8. The van der Waals surface area contributed by atoms with Crippen molar-refractivity contribution in [1.82, 2.24) is 4.90 Å². The van der Waals surface area contributed by atoms with E-state index in [4.69, 9.17) is 8.92 Å². The highest BCUT2D eigenvalue weighted by molar-refractivity contribution is 8.13. The van der Waals surface area contributed by atoms with E-state index in [1.54, 1.807) is 4.90 Å². The lowest BCUT2D eigenvalue weighted by atomic mass is 9.67. The maximum absolute atomic E-state index is 12.1. The fourth-order valence-electron chi connectivity index (χ4n) is 3.54. The van der Waals surface area contributed by atoms with Crippen molar-refractivity contribution < 1.29 is 30.6 Å². The third kappa shape index (κ3) is 10.8.